The molecular weight excluding hydrogens is 264 g/mol. The van der Waals surface area contributed by atoms with Gasteiger partial charge in [-0.15, -0.1) is 0 Å². The van der Waals surface area contributed by atoms with E-state index in [0.717, 1.165) is 6.20 Å². The highest BCUT2D eigenvalue weighted by atomic mass is 19.1. The molecule has 3 heterocycles. The maximum absolute atomic E-state index is 14.1. The second-order valence-electron chi connectivity index (χ2n) is 4.12. The second-order valence-corrected chi connectivity index (χ2v) is 4.12. The molecule has 100 valence electrons. The van der Waals surface area contributed by atoms with Crippen LogP contribution in [0.4, 0.5) is 14.6 Å². The number of nitrogens with one attached hydrogen (secondary N) is 1. The van der Waals surface area contributed by atoms with Gasteiger partial charge >= 0.3 is 0 Å². The Balaban J connectivity index is 2.28. The van der Waals surface area contributed by atoms with Crippen molar-refractivity contribution in [1.82, 2.24) is 20.2 Å². The highest BCUT2D eigenvalue weighted by Crippen LogP contribution is 2.28. The van der Waals surface area contributed by atoms with Crippen LogP contribution in [0.2, 0.25) is 0 Å². The van der Waals surface area contributed by atoms with Crippen LogP contribution in [0.25, 0.3) is 28.5 Å². The Morgan fingerprint density at radius 2 is 2.10 bits per heavy atom. The molecule has 0 saturated heterocycles. The van der Waals surface area contributed by atoms with Crippen molar-refractivity contribution >= 4 is 22.9 Å². The van der Waals surface area contributed by atoms with Crippen LogP contribution >= 0.6 is 0 Å². The number of H-pyrrole nitrogens is 1. The second kappa shape index (κ2) is 4.37. The Morgan fingerprint density at radius 1 is 1.30 bits per heavy atom. The lowest BCUT2D eigenvalue weighted by atomic mass is 10.1. The van der Waals surface area contributed by atoms with Crippen molar-refractivity contribution in [1.29, 1.82) is 0 Å². The van der Waals surface area contributed by atoms with E-state index in [1.807, 2.05) is 0 Å². The fraction of sp³-hybridized carbons (Fsp3) is 0. The monoisotopic (exact) mass is 273 g/mol. The largest absolute Gasteiger partial charge is 0.383 e. The minimum absolute atomic E-state index is 0.0389. The summed E-state index contributed by atoms with van der Waals surface area (Å²) < 4.78 is 27.3. The molecule has 0 aromatic carbocycles. The zero-order valence-corrected chi connectivity index (χ0v) is 10.2. The Labute approximate surface area is 112 Å². The van der Waals surface area contributed by atoms with Gasteiger partial charge in [-0.25, -0.2) is 18.7 Å². The fourth-order valence-corrected chi connectivity index (χ4v) is 1.91. The molecule has 3 aromatic rings. The SMILES string of the molecule is C=Cc1cc(F)c(-c2[nH]nc3ncc(F)cc23)nc1N. The van der Waals surface area contributed by atoms with E-state index in [0.29, 0.717) is 10.9 Å². The molecule has 0 aliphatic rings. The summed E-state index contributed by atoms with van der Waals surface area (Å²) in [5, 5.41) is 6.81. The van der Waals surface area contributed by atoms with Gasteiger partial charge in [0.2, 0.25) is 0 Å². The summed E-state index contributed by atoms with van der Waals surface area (Å²) in [7, 11) is 0. The molecule has 5 nitrogen and oxygen atoms in total. The van der Waals surface area contributed by atoms with Crippen molar-refractivity contribution < 1.29 is 8.78 Å². The van der Waals surface area contributed by atoms with Crippen LogP contribution in [-0.4, -0.2) is 20.2 Å². The number of nitrogens with zero attached hydrogens (tertiary/aromatic N) is 3. The van der Waals surface area contributed by atoms with E-state index in [-0.39, 0.29) is 22.9 Å². The number of pyridine rings is 2. The summed E-state index contributed by atoms with van der Waals surface area (Å²) in [6.07, 6.45) is 2.44. The Morgan fingerprint density at radius 3 is 2.85 bits per heavy atom. The predicted octanol–water partition coefficient (Wildman–Crippen LogP) is 2.52. The molecule has 0 fully saturated rings. The van der Waals surface area contributed by atoms with E-state index in [1.54, 1.807) is 0 Å². The van der Waals surface area contributed by atoms with E-state index < -0.39 is 11.6 Å². The van der Waals surface area contributed by atoms with E-state index in [4.69, 9.17) is 5.73 Å². The molecule has 0 aliphatic heterocycles. The number of aromatic amines is 1. The fourth-order valence-electron chi connectivity index (χ4n) is 1.91. The Bertz CT molecular complexity index is 825. The topological polar surface area (TPSA) is 80.5 Å². The van der Waals surface area contributed by atoms with Gasteiger partial charge in [-0.2, -0.15) is 5.10 Å². The van der Waals surface area contributed by atoms with Crippen molar-refractivity contribution in [3.63, 3.8) is 0 Å². The maximum atomic E-state index is 14.1. The van der Waals surface area contributed by atoms with Gasteiger partial charge in [0.25, 0.3) is 0 Å². The third-order valence-corrected chi connectivity index (χ3v) is 2.87. The highest BCUT2D eigenvalue weighted by molar-refractivity contribution is 5.90. The molecule has 0 aliphatic carbocycles. The molecule has 7 heteroatoms. The van der Waals surface area contributed by atoms with E-state index >= 15 is 0 Å². The molecule has 3 aromatic heterocycles. The smallest absolute Gasteiger partial charge is 0.181 e. The molecule has 0 amide bonds. The average Bonchev–Trinajstić information content (AvgIpc) is 2.83. The van der Waals surface area contributed by atoms with Gasteiger partial charge in [-0.05, 0) is 12.1 Å². The molecule has 3 rings (SSSR count). The summed E-state index contributed by atoms with van der Waals surface area (Å²) in [6, 6.07) is 2.42. The standard InChI is InChI=1S/C13H9F2N5/c1-2-6-3-9(15)11(18-12(6)16)10-8-4-7(14)5-17-13(8)20-19-10/h2-5H,1H2,(H2,16,18)(H,17,19,20). The summed E-state index contributed by atoms with van der Waals surface area (Å²) in [5.41, 5.74) is 6.56. The van der Waals surface area contributed by atoms with Gasteiger partial charge in [0.1, 0.15) is 17.3 Å². The van der Waals surface area contributed by atoms with Crippen LogP contribution < -0.4 is 5.73 Å². The number of fused-ring (bicyclic) bond motifs is 1. The van der Waals surface area contributed by atoms with E-state index in [1.165, 1.54) is 18.2 Å². The number of aromatic nitrogens is 4. The minimum atomic E-state index is -0.607. The molecule has 0 unspecified atom stereocenters. The lowest BCUT2D eigenvalue weighted by Gasteiger charge is -2.05. The zero-order valence-electron chi connectivity index (χ0n) is 10.2. The molecule has 0 spiro atoms. The number of anilines is 1. The number of halogens is 2. The first-order chi connectivity index (χ1) is 9.60. The van der Waals surface area contributed by atoms with Crippen molar-refractivity contribution in [2.45, 2.75) is 0 Å². The maximum Gasteiger partial charge on any atom is 0.181 e. The van der Waals surface area contributed by atoms with Gasteiger partial charge in [-0.3, -0.25) is 5.10 Å². The van der Waals surface area contributed by atoms with Gasteiger partial charge in [-0.1, -0.05) is 12.7 Å². The van der Waals surface area contributed by atoms with Gasteiger partial charge in [0, 0.05) is 5.56 Å². The first-order valence-electron chi connectivity index (χ1n) is 5.68. The van der Waals surface area contributed by atoms with Crippen LogP contribution in [0.15, 0.2) is 24.9 Å². The summed E-state index contributed by atoms with van der Waals surface area (Å²) in [4.78, 5) is 7.77. The van der Waals surface area contributed by atoms with Gasteiger partial charge < -0.3 is 5.73 Å². The molecular formula is C13H9F2N5. The highest BCUT2D eigenvalue weighted by Gasteiger charge is 2.16. The number of rotatable bonds is 2. The first kappa shape index (κ1) is 12.2. The van der Waals surface area contributed by atoms with Crippen molar-refractivity contribution in [3.05, 3.63) is 42.1 Å². The number of nitrogen functional groups attached to an aromatic ring is 1. The number of nitrogens with two attached hydrogens (primary N) is 1. The third-order valence-electron chi connectivity index (χ3n) is 2.87. The van der Waals surface area contributed by atoms with Crippen LogP contribution in [0.5, 0.6) is 0 Å². The molecule has 0 saturated carbocycles. The number of hydrogen-bond donors (Lipinski definition) is 2. The molecule has 20 heavy (non-hydrogen) atoms. The molecule has 3 N–H and O–H groups in total. The molecule has 0 radical (unpaired) electrons. The van der Waals surface area contributed by atoms with Crippen LogP contribution in [-0.2, 0) is 0 Å². The third kappa shape index (κ3) is 1.80. The first-order valence-corrected chi connectivity index (χ1v) is 5.68. The van der Waals surface area contributed by atoms with Gasteiger partial charge in [0.05, 0.1) is 17.3 Å². The number of hydrogen-bond acceptors (Lipinski definition) is 4. The van der Waals surface area contributed by atoms with Crippen LogP contribution in [0.3, 0.4) is 0 Å². The van der Waals surface area contributed by atoms with Crippen LogP contribution in [0.1, 0.15) is 5.56 Å². The summed E-state index contributed by atoms with van der Waals surface area (Å²) in [5.74, 6) is -1.02. The Hall–Kier alpha value is -2.83. The lowest BCUT2D eigenvalue weighted by molar-refractivity contribution is 0.623. The zero-order chi connectivity index (χ0) is 14.3. The van der Waals surface area contributed by atoms with Crippen molar-refractivity contribution in [2.24, 2.45) is 0 Å². The average molecular weight is 273 g/mol. The summed E-state index contributed by atoms with van der Waals surface area (Å²) >= 11 is 0. The lowest BCUT2D eigenvalue weighted by Crippen LogP contribution is -1.99. The normalized spacial score (nSPS) is 10.9. The Kier molecular flexibility index (Phi) is 2.67. The van der Waals surface area contributed by atoms with E-state index in [9.17, 15) is 8.78 Å². The molecule has 0 bridgehead atoms. The van der Waals surface area contributed by atoms with E-state index in [2.05, 4.69) is 26.7 Å². The molecule has 0 atom stereocenters. The van der Waals surface area contributed by atoms with Crippen LogP contribution in [0, 0.1) is 11.6 Å². The van der Waals surface area contributed by atoms with Crippen molar-refractivity contribution in [3.8, 4) is 11.4 Å². The quantitative estimate of drug-likeness (QED) is 0.751. The van der Waals surface area contributed by atoms with Gasteiger partial charge in [0.15, 0.2) is 11.5 Å². The predicted molar refractivity (Wildman–Crippen MR) is 71.5 cm³/mol. The van der Waals surface area contributed by atoms with Crippen molar-refractivity contribution in [2.75, 3.05) is 5.73 Å². The summed E-state index contributed by atoms with van der Waals surface area (Å²) in [6.45, 7) is 3.52. The minimum Gasteiger partial charge on any atom is -0.383 e.